The summed E-state index contributed by atoms with van der Waals surface area (Å²) < 4.78 is 0. The minimum Gasteiger partial charge on any atom is -0.300 e. The van der Waals surface area contributed by atoms with Crippen molar-refractivity contribution in [1.29, 1.82) is 0 Å². The molecule has 0 aromatic rings. The molecular weight excluding hydrogens is 110 g/mol. The minimum atomic E-state index is 0.211. The van der Waals surface area contributed by atoms with Crippen LogP contribution < -0.4 is 5.32 Å². The van der Waals surface area contributed by atoms with Crippen molar-refractivity contribution in [2.45, 2.75) is 19.4 Å². The van der Waals surface area contributed by atoms with Gasteiger partial charge in [-0.15, -0.1) is 13.0 Å². The molecule has 0 saturated heterocycles. The highest BCUT2D eigenvalue weighted by atomic mass is 14.9. The molecule has 0 fully saturated rings. The normalized spacial score (nSPS) is 12.0. The Kier molecular flexibility index (Phi) is 4.95. The fourth-order valence-corrected chi connectivity index (χ4v) is 0.547. The Bertz CT molecular complexity index is 110. The average molecular weight is 123 g/mol. The van der Waals surface area contributed by atoms with Gasteiger partial charge in [0, 0.05) is 6.54 Å². The highest BCUT2D eigenvalue weighted by molar-refractivity contribution is 4.98. The maximum Gasteiger partial charge on any atom is 0.0686 e. The molecule has 0 aliphatic carbocycles. The predicted octanol–water partition coefficient (Wildman–Crippen LogP) is 1.17. The standard InChI is InChI=1S/C8H13N/c1-4-7-9-8(5-2)6-3/h2,4,8-9H,1,6-7H2,3H3. The van der Waals surface area contributed by atoms with Crippen LogP contribution in [-0.4, -0.2) is 12.6 Å². The lowest BCUT2D eigenvalue weighted by molar-refractivity contribution is 0.634. The Hall–Kier alpha value is -0.740. The van der Waals surface area contributed by atoms with E-state index in [1.54, 1.807) is 6.08 Å². The van der Waals surface area contributed by atoms with Gasteiger partial charge in [0.25, 0.3) is 0 Å². The van der Waals surface area contributed by atoms with Crippen molar-refractivity contribution in [3.63, 3.8) is 0 Å². The van der Waals surface area contributed by atoms with Gasteiger partial charge in [-0.2, -0.15) is 0 Å². The topological polar surface area (TPSA) is 12.0 Å². The Labute approximate surface area is 57.2 Å². The highest BCUT2D eigenvalue weighted by Gasteiger charge is 1.95. The number of terminal acetylenes is 1. The molecule has 0 bridgehead atoms. The maximum absolute atomic E-state index is 5.18. The van der Waals surface area contributed by atoms with Crippen LogP contribution >= 0.6 is 0 Å². The van der Waals surface area contributed by atoms with Gasteiger partial charge in [-0.25, -0.2) is 0 Å². The van der Waals surface area contributed by atoms with Crippen molar-refractivity contribution in [3.05, 3.63) is 12.7 Å². The van der Waals surface area contributed by atoms with Gasteiger partial charge in [0.15, 0.2) is 0 Å². The van der Waals surface area contributed by atoms with E-state index in [9.17, 15) is 0 Å². The molecule has 0 saturated carbocycles. The van der Waals surface area contributed by atoms with Gasteiger partial charge in [0.1, 0.15) is 0 Å². The van der Waals surface area contributed by atoms with Crippen LogP contribution in [0.3, 0.4) is 0 Å². The smallest absolute Gasteiger partial charge is 0.0686 e. The maximum atomic E-state index is 5.18. The van der Waals surface area contributed by atoms with Gasteiger partial charge in [0.2, 0.25) is 0 Å². The Morgan fingerprint density at radius 1 is 1.89 bits per heavy atom. The van der Waals surface area contributed by atoms with E-state index in [2.05, 4.69) is 24.7 Å². The van der Waals surface area contributed by atoms with Gasteiger partial charge in [-0.3, -0.25) is 0 Å². The molecule has 9 heavy (non-hydrogen) atoms. The van der Waals surface area contributed by atoms with Crippen molar-refractivity contribution in [1.82, 2.24) is 5.32 Å². The van der Waals surface area contributed by atoms with Gasteiger partial charge < -0.3 is 5.32 Å². The van der Waals surface area contributed by atoms with E-state index in [0.29, 0.717) is 0 Å². The number of hydrogen-bond donors (Lipinski definition) is 1. The lowest BCUT2D eigenvalue weighted by Gasteiger charge is -2.06. The molecule has 0 aliphatic heterocycles. The van der Waals surface area contributed by atoms with Gasteiger partial charge in [-0.1, -0.05) is 18.9 Å². The van der Waals surface area contributed by atoms with E-state index in [4.69, 9.17) is 6.42 Å². The molecule has 0 aliphatic rings. The predicted molar refractivity (Wildman–Crippen MR) is 41.1 cm³/mol. The fourth-order valence-electron chi connectivity index (χ4n) is 0.547. The first kappa shape index (κ1) is 8.26. The largest absolute Gasteiger partial charge is 0.300 e. The van der Waals surface area contributed by atoms with Crippen LogP contribution in [0.4, 0.5) is 0 Å². The fraction of sp³-hybridized carbons (Fsp3) is 0.500. The van der Waals surface area contributed by atoms with Crippen molar-refractivity contribution in [3.8, 4) is 12.3 Å². The van der Waals surface area contributed by atoms with Crippen LogP contribution in [0.1, 0.15) is 13.3 Å². The molecule has 1 nitrogen and oxygen atoms in total. The zero-order valence-corrected chi connectivity index (χ0v) is 5.85. The summed E-state index contributed by atoms with van der Waals surface area (Å²) in [6, 6.07) is 0.211. The molecule has 0 spiro atoms. The molecule has 1 atom stereocenters. The molecule has 0 radical (unpaired) electrons. The molecule has 0 amide bonds. The van der Waals surface area contributed by atoms with Gasteiger partial charge in [-0.05, 0) is 6.42 Å². The second-order valence-corrected chi connectivity index (χ2v) is 1.82. The zero-order chi connectivity index (χ0) is 7.11. The van der Waals surface area contributed by atoms with Crippen molar-refractivity contribution < 1.29 is 0 Å². The summed E-state index contributed by atoms with van der Waals surface area (Å²) in [6.45, 7) is 6.42. The van der Waals surface area contributed by atoms with Crippen LogP contribution in [0.25, 0.3) is 0 Å². The molecule has 1 unspecified atom stereocenters. The third-order valence-corrected chi connectivity index (χ3v) is 1.12. The zero-order valence-electron chi connectivity index (χ0n) is 5.85. The summed E-state index contributed by atoms with van der Waals surface area (Å²) >= 11 is 0. The molecule has 50 valence electrons. The first-order valence-electron chi connectivity index (χ1n) is 3.15. The van der Waals surface area contributed by atoms with E-state index in [1.807, 2.05) is 0 Å². The van der Waals surface area contributed by atoms with E-state index in [1.165, 1.54) is 0 Å². The monoisotopic (exact) mass is 123 g/mol. The molecule has 0 rings (SSSR count). The van der Waals surface area contributed by atoms with Crippen LogP contribution in [0.5, 0.6) is 0 Å². The summed E-state index contributed by atoms with van der Waals surface area (Å²) in [7, 11) is 0. The molecule has 1 N–H and O–H groups in total. The summed E-state index contributed by atoms with van der Waals surface area (Å²) in [6.07, 6.45) is 7.96. The SMILES string of the molecule is C#CC(CC)NCC=C. The van der Waals surface area contributed by atoms with Crippen molar-refractivity contribution in [2.24, 2.45) is 0 Å². The second kappa shape index (κ2) is 5.40. The molecule has 0 aromatic heterocycles. The summed E-state index contributed by atoms with van der Waals surface area (Å²) in [5.41, 5.74) is 0. The molecular formula is C8H13N. The molecule has 1 heteroatoms. The van der Waals surface area contributed by atoms with Crippen molar-refractivity contribution >= 4 is 0 Å². The lowest BCUT2D eigenvalue weighted by Crippen LogP contribution is -2.26. The van der Waals surface area contributed by atoms with Gasteiger partial charge in [0.05, 0.1) is 6.04 Å². The van der Waals surface area contributed by atoms with E-state index >= 15 is 0 Å². The van der Waals surface area contributed by atoms with E-state index < -0.39 is 0 Å². The Morgan fingerprint density at radius 2 is 2.56 bits per heavy atom. The lowest BCUT2D eigenvalue weighted by atomic mass is 10.2. The summed E-state index contributed by atoms with van der Waals surface area (Å²) in [5, 5.41) is 3.11. The quantitative estimate of drug-likeness (QED) is 0.437. The molecule has 0 heterocycles. The first-order chi connectivity index (χ1) is 4.35. The number of nitrogens with one attached hydrogen (secondary N) is 1. The average Bonchev–Trinajstić information content (AvgIpc) is 1.91. The summed E-state index contributed by atoms with van der Waals surface area (Å²) in [5.74, 6) is 2.63. The van der Waals surface area contributed by atoms with Gasteiger partial charge >= 0.3 is 0 Å². The highest BCUT2D eigenvalue weighted by Crippen LogP contribution is 1.85. The summed E-state index contributed by atoms with van der Waals surface area (Å²) in [4.78, 5) is 0. The Morgan fingerprint density at radius 3 is 2.89 bits per heavy atom. The van der Waals surface area contributed by atoms with E-state index in [0.717, 1.165) is 13.0 Å². The van der Waals surface area contributed by atoms with Crippen LogP contribution in [0.2, 0.25) is 0 Å². The number of rotatable bonds is 4. The Balaban J connectivity index is 3.34. The first-order valence-corrected chi connectivity index (χ1v) is 3.15. The van der Waals surface area contributed by atoms with Crippen LogP contribution in [0.15, 0.2) is 12.7 Å². The second-order valence-electron chi connectivity index (χ2n) is 1.82. The number of hydrogen-bond acceptors (Lipinski definition) is 1. The third-order valence-electron chi connectivity index (χ3n) is 1.12. The third kappa shape index (κ3) is 3.81. The van der Waals surface area contributed by atoms with Crippen molar-refractivity contribution in [2.75, 3.05) is 6.54 Å². The van der Waals surface area contributed by atoms with E-state index in [-0.39, 0.29) is 6.04 Å². The van der Waals surface area contributed by atoms with Crippen LogP contribution in [-0.2, 0) is 0 Å². The molecule has 0 aromatic carbocycles. The van der Waals surface area contributed by atoms with Crippen LogP contribution in [0, 0.1) is 12.3 Å². The minimum absolute atomic E-state index is 0.211.